The summed E-state index contributed by atoms with van der Waals surface area (Å²) in [6.45, 7) is 1.84. The minimum atomic E-state index is -0.535. The van der Waals surface area contributed by atoms with Gasteiger partial charge >= 0.3 is 0 Å². The van der Waals surface area contributed by atoms with E-state index in [4.69, 9.17) is 11.2 Å². The summed E-state index contributed by atoms with van der Waals surface area (Å²) in [5.74, 6) is 3.14. The molecule has 0 aliphatic heterocycles. The molecule has 21 heavy (non-hydrogen) atoms. The SMILES string of the molecule is C#CCOc1nc(Nc2cccc(C(C)O)c2)ncc1Br. The smallest absolute Gasteiger partial charge is 0.233 e. The van der Waals surface area contributed by atoms with Crippen LogP contribution in [0, 0.1) is 12.3 Å². The van der Waals surface area contributed by atoms with Crippen LogP contribution in [0.4, 0.5) is 11.6 Å². The zero-order valence-electron chi connectivity index (χ0n) is 11.4. The second-order valence-corrected chi connectivity index (χ2v) is 5.12. The average molecular weight is 348 g/mol. The van der Waals surface area contributed by atoms with Gasteiger partial charge in [-0.1, -0.05) is 18.1 Å². The van der Waals surface area contributed by atoms with Crippen LogP contribution in [-0.2, 0) is 0 Å². The third kappa shape index (κ3) is 4.18. The lowest BCUT2D eigenvalue weighted by atomic mass is 10.1. The Kier molecular flexibility index (Phi) is 5.14. The maximum atomic E-state index is 9.59. The number of anilines is 2. The molecule has 0 fully saturated rings. The van der Waals surface area contributed by atoms with E-state index in [2.05, 4.69) is 37.1 Å². The van der Waals surface area contributed by atoms with E-state index in [1.807, 2.05) is 24.3 Å². The zero-order chi connectivity index (χ0) is 15.2. The van der Waals surface area contributed by atoms with E-state index in [1.165, 1.54) is 0 Å². The van der Waals surface area contributed by atoms with Crippen molar-refractivity contribution in [3.8, 4) is 18.2 Å². The average Bonchev–Trinajstić information content (AvgIpc) is 2.48. The third-order valence-electron chi connectivity index (χ3n) is 2.63. The summed E-state index contributed by atoms with van der Waals surface area (Å²) in [6, 6.07) is 7.38. The summed E-state index contributed by atoms with van der Waals surface area (Å²) in [5, 5.41) is 12.6. The van der Waals surface area contributed by atoms with Crippen LogP contribution < -0.4 is 10.1 Å². The van der Waals surface area contributed by atoms with E-state index in [0.29, 0.717) is 16.3 Å². The standard InChI is InChI=1S/C15H14BrN3O2/c1-3-7-21-14-13(16)9-17-15(19-14)18-12-6-4-5-11(8-12)10(2)20/h1,4-6,8-10,20H,7H2,2H3,(H,17,18,19). The molecule has 0 aliphatic carbocycles. The molecule has 1 aromatic carbocycles. The predicted molar refractivity (Wildman–Crippen MR) is 84.4 cm³/mol. The van der Waals surface area contributed by atoms with Gasteiger partial charge in [0.25, 0.3) is 0 Å². The van der Waals surface area contributed by atoms with Gasteiger partial charge in [-0.05, 0) is 40.5 Å². The number of nitrogens with zero attached hydrogens (tertiary/aromatic N) is 2. The molecule has 0 saturated heterocycles. The molecule has 2 rings (SSSR count). The second-order valence-electron chi connectivity index (χ2n) is 4.27. The molecule has 1 atom stereocenters. The van der Waals surface area contributed by atoms with Gasteiger partial charge in [0.15, 0.2) is 6.61 Å². The molecule has 1 unspecified atom stereocenters. The normalized spacial score (nSPS) is 11.5. The number of ether oxygens (including phenoxy) is 1. The Balaban J connectivity index is 2.19. The fourth-order valence-corrected chi connectivity index (χ4v) is 1.93. The highest BCUT2D eigenvalue weighted by molar-refractivity contribution is 9.10. The number of aliphatic hydroxyl groups is 1. The van der Waals surface area contributed by atoms with E-state index in [1.54, 1.807) is 13.1 Å². The van der Waals surface area contributed by atoms with Gasteiger partial charge in [0.05, 0.1) is 16.8 Å². The lowest BCUT2D eigenvalue weighted by Gasteiger charge is -2.10. The van der Waals surface area contributed by atoms with Gasteiger partial charge in [0.1, 0.15) is 0 Å². The third-order valence-corrected chi connectivity index (χ3v) is 3.17. The summed E-state index contributed by atoms with van der Waals surface area (Å²) < 4.78 is 5.94. The zero-order valence-corrected chi connectivity index (χ0v) is 13.0. The first-order valence-corrected chi connectivity index (χ1v) is 7.03. The molecule has 1 heterocycles. The van der Waals surface area contributed by atoms with Crippen molar-refractivity contribution in [2.24, 2.45) is 0 Å². The van der Waals surface area contributed by atoms with Crippen LogP contribution in [0.5, 0.6) is 5.88 Å². The Hall–Kier alpha value is -2.10. The van der Waals surface area contributed by atoms with Gasteiger partial charge < -0.3 is 15.2 Å². The molecule has 0 radical (unpaired) electrons. The Labute approximate surface area is 131 Å². The maximum absolute atomic E-state index is 9.59. The largest absolute Gasteiger partial charge is 0.464 e. The summed E-state index contributed by atoms with van der Waals surface area (Å²) in [4.78, 5) is 8.38. The molecule has 1 aromatic heterocycles. The molecule has 2 aromatic rings. The predicted octanol–water partition coefficient (Wildman–Crippen LogP) is 3.05. The van der Waals surface area contributed by atoms with Crippen LogP contribution >= 0.6 is 15.9 Å². The number of aromatic nitrogens is 2. The van der Waals surface area contributed by atoms with E-state index in [-0.39, 0.29) is 6.61 Å². The van der Waals surface area contributed by atoms with Crippen LogP contribution in [0.1, 0.15) is 18.6 Å². The number of aliphatic hydroxyl groups excluding tert-OH is 1. The first kappa shape index (κ1) is 15.3. The van der Waals surface area contributed by atoms with Crippen LogP contribution in [0.3, 0.4) is 0 Å². The van der Waals surface area contributed by atoms with Crippen molar-refractivity contribution in [2.75, 3.05) is 11.9 Å². The summed E-state index contributed by atoms with van der Waals surface area (Å²) >= 11 is 3.30. The number of hydrogen-bond acceptors (Lipinski definition) is 5. The molecule has 0 aliphatic rings. The molecular formula is C15H14BrN3O2. The Morgan fingerprint density at radius 1 is 1.52 bits per heavy atom. The summed E-state index contributed by atoms with van der Waals surface area (Å²) in [7, 11) is 0. The maximum Gasteiger partial charge on any atom is 0.233 e. The highest BCUT2D eigenvalue weighted by Crippen LogP contribution is 2.24. The second kappa shape index (κ2) is 7.07. The van der Waals surface area contributed by atoms with Crippen LogP contribution in [0.25, 0.3) is 0 Å². The Morgan fingerprint density at radius 3 is 3.05 bits per heavy atom. The Morgan fingerprint density at radius 2 is 2.33 bits per heavy atom. The van der Waals surface area contributed by atoms with Crippen molar-refractivity contribution in [3.05, 3.63) is 40.5 Å². The van der Waals surface area contributed by atoms with Gasteiger partial charge in [0, 0.05) is 5.69 Å². The van der Waals surface area contributed by atoms with Gasteiger partial charge in [-0.15, -0.1) is 6.42 Å². The van der Waals surface area contributed by atoms with Crippen LogP contribution in [0.2, 0.25) is 0 Å². The lowest BCUT2D eigenvalue weighted by Crippen LogP contribution is -2.02. The quantitative estimate of drug-likeness (QED) is 0.813. The highest BCUT2D eigenvalue weighted by Gasteiger charge is 2.07. The molecule has 6 heteroatoms. The van der Waals surface area contributed by atoms with Gasteiger partial charge in [-0.2, -0.15) is 4.98 Å². The molecule has 2 N–H and O–H groups in total. The molecule has 108 valence electrons. The van der Waals surface area contributed by atoms with E-state index >= 15 is 0 Å². The van der Waals surface area contributed by atoms with Gasteiger partial charge in [-0.3, -0.25) is 0 Å². The molecule has 0 amide bonds. The van der Waals surface area contributed by atoms with Gasteiger partial charge in [-0.25, -0.2) is 4.98 Å². The van der Waals surface area contributed by atoms with Crippen molar-refractivity contribution in [1.29, 1.82) is 0 Å². The van der Waals surface area contributed by atoms with Crippen LogP contribution in [0.15, 0.2) is 34.9 Å². The number of halogens is 1. The number of rotatable bonds is 5. The summed E-state index contributed by atoms with van der Waals surface area (Å²) in [5.41, 5.74) is 1.58. The van der Waals surface area contributed by atoms with E-state index in [9.17, 15) is 5.11 Å². The monoisotopic (exact) mass is 347 g/mol. The number of hydrogen-bond donors (Lipinski definition) is 2. The first-order valence-electron chi connectivity index (χ1n) is 6.24. The molecule has 0 saturated carbocycles. The van der Waals surface area contributed by atoms with Crippen molar-refractivity contribution >= 4 is 27.6 Å². The highest BCUT2D eigenvalue weighted by atomic mass is 79.9. The summed E-state index contributed by atoms with van der Waals surface area (Å²) in [6.07, 6.45) is 6.21. The molecule has 0 bridgehead atoms. The lowest BCUT2D eigenvalue weighted by molar-refractivity contribution is 0.199. The van der Waals surface area contributed by atoms with E-state index in [0.717, 1.165) is 11.3 Å². The van der Waals surface area contributed by atoms with Crippen LogP contribution in [-0.4, -0.2) is 21.7 Å². The molecule has 0 spiro atoms. The molecular weight excluding hydrogens is 334 g/mol. The van der Waals surface area contributed by atoms with Gasteiger partial charge in [0.2, 0.25) is 11.8 Å². The number of benzene rings is 1. The Bertz CT molecular complexity index is 668. The minimum Gasteiger partial charge on any atom is -0.464 e. The number of nitrogens with one attached hydrogen (secondary N) is 1. The molecule has 5 nitrogen and oxygen atoms in total. The van der Waals surface area contributed by atoms with Crippen molar-refractivity contribution < 1.29 is 9.84 Å². The fraction of sp³-hybridized carbons (Fsp3) is 0.200. The van der Waals surface area contributed by atoms with Crippen molar-refractivity contribution in [3.63, 3.8) is 0 Å². The van der Waals surface area contributed by atoms with E-state index < -0.39 is 6.10 Å². The minimum absolute atomic E-state index is 0.132. The topological polar surface area (TPSA) is 67.3 Å². The van der Waals surface area contributed by atoms with Crippen molar-refractivity contribution in [2.45, 2.75) is 13.0 Å². The number of terminal acetylenes is 1. The fourth-order valence-electron chi connectivity index (χ4n) is 1.63. The first-order chi connectivity index (χ1) is 10.1. The van der Waals surface area contributed by atoms with Crippen molar-refractivity contribution in [1.82, 2.24) is 9.97 Å².